The summed E-state index contributed by atoms with van der Waals surface area (Å²) in [4.78, 5) is 14.1. The number of alkyl halides is 1. The summed E-state index contributed by atoms with van der Waals surface area (Å²) in [5.74, 6) is -1.73. The minimum Gasteiger partial charge on any atom is -0.338 e. The molecule has 2 aromatic heterocycles. The Labute approximate surface area is 191 Å². The lowest BCUT2D eigenvalue weighted by Gasteiger charge is -2.15. The van der Waals surface area contributed by atoms with E-state index in [-0.39, 0.29) is 52.7 Å². The van der Waals surface area contributed by atoms with Gasteiger partial charge in [-0.3, -0.25) is 4.79 Å². The predicted octanol–water partition coefficient (Wildman–Crippen LogP) is 4.66. The number of carbonyl (C=O) groups excluding carboxylic acids is 1. The number of likely N-dealkylation sites (tertiary alicyclic amines) is 1. The van der Waals surface area contributed by atoms with E-state index < -0.39 is 17.8 Å². The number of fused-ring (bicyclic) bond motifs is 1. The zero-order chi connectivity index (χ0) is 23.1. The molecule has 1 atom stereocenters. The topological polar surface area (TPSA) is 63.9 Å². The van der Waals surface area contributed by atoms with Crippen LogP contribution in [-0.4, -0.2) is 50.0 Å². The molecule has 1 fully saturated rings. The summed E-state index contributed by atoms with van der Waals surface area (Å²) in [6.45, 7) is 0.0407. The van der Waals surface area contributed by atoms with E-state index in [0.29, 0.717) is 17.8 Å². The smallest absolute Gasteiger partial charge is 0.244 e. The van der Waals surface area contributed by atoms with Crippen LogP contribution in [0.15, 0.2) is 48.5 Å². The molecule has 0 saturated carbocycles. The molecule has 1 saturated heterocycles. The minimum absolute atomic E-state index is 0.00794. The van der Waals surface area contributed by atoms with Gasteiger partial charge in [-0.15, -0.1) is 10.2 Å². The van der Waals surface area contributed by atoms with Crippen molar-refractivity contribution in [1.82, 2.24) is 24.9 Å². The highest BCUT2D eigenvalue weighted by Gasteiger charge is 2.28. The molecule has 168 valence electrons. The molecule has 33 heavy (non-hydrogen) atoms. The standard InChI is InChI=1S/C23H17ClF3N5O/c24-20-19-22(16-10-14(25)6-7-17(16)27)30-32(12-18(33)31-9-8-15(26)11-31)23(19)29-28-21(20)13-4-2-1-3-5-13/h1-7,10,15H,8-9,11-12H2. The van der Waals surface area contributed by atoms with Crippen molar-refractivity contribution in [2.45, 2.75) is 19.1 Å². The average Bonchev–Trinajstić information content (AvgIpc) is 3.41. The fourth-order valence-electron chi connectivity index (χ4n) is 3.95. The van der Waals surface area contributed by atoms with E-state index in [1.54, 1.807) is 24.3 Å². The number of nitrogens with zero attached hydrogens (tertiary/aromatic N) is 5. The summed E-state index contributed by atoms with van der Waals surface area (Å²) in [6, 6.07) is 12.0. The summed E-state index contributed by atoms with van der Waals surface area (Å²) in [5, 5.41) is 13.2. The zero-order valence-corrected chi connectivity index (χ0v) is 17.9. The van der Waals surface area contributed by atoms with E-state index in [1.807, 2.05) is 6.07 Å². The third-order valence-corrected chi connectivity index (χ3v) is 5.96. The van der Waals surface area contributed by atoms with E-state index in [2.05, 4.69) is 15.3 Å². The first-order valence-electron chi connectivity index (χ1n) is 10.3. The molecule has 5 rings (SSSR count). The molecule has 0 aliphatic carbocycles. The molecule has 0 bridgehead atoms. The lowest BCUT2D eigenvalue weighted by molar-refractivity contribution is -0.131. The van der Waals surface area contributed by atoms with Crippen LogP contribution in [-0.2, 0) is 11.3 Å². The summed E-state index contributed by atoms with van der Waals surface area (Å²) in [6.07, 6.45) is -0.792. The van der Waals surface area contributed by atoms with E-state index in [4.69, 9.17) is 11.6 Å². The number of benzene rings is 2. The molecular weight excluding hydrogens is 455 g/mol. The largest absolute Gasteiger partial charge is 0.338 e. The normalized spacial score (nSPS) is 16.0. The van der Waals surface area contributed by atoms with Crippen LogP contribution in [0.25, 0.3) is 33.5 Å². The van der Waals surface area contributed by atoms with Gasteiger partial charge < -0.3 is 4.90 Å². The van der Waals surface area contributed by atoms with Crippen molar-refractivity contribution < 1.29 is 18.0 Å². The van der Waals surface area contributed by atoms with Gasteiger partial charge in [-0.1, -0.05) is 41.9 Å². The second-order valence-corrected chi connectivity index (χ2v) is 8.16. The van der Waals surface area contributed by atoms with Gasteiger partial charge in [0, 0.05) is 17.7 Å². The third-order valence-electron chi connectivity index (χ3n) is 5.60. The summed E-state index contributed by atoms with van der Waals surface area (Å²) in [5.41, 5.74) is 1.08. The first-order chi connectivity index (χ1) is 15.9. The second kappa shape index (κ2) is 8.47. The van der Waals surface area contributed by atoms with Crippen molar-refractivity contribution in [3.63, 3.8) is 0 Å². The molecule has 0 N–H and O–H groups in total. The molecule has 2 aromatic carbocycles. The highest BCUT2D eigenvalue weighted by atomic mass is 35.5. The van der Waals surface area contributed by atoms with E-state index in [0.717, 1.165) is 18.2 Å². The van der Waals surface area contributed by atoms with Crippen molar-refractivity contribution in [3.8, 4) is 22.5 Å². The molecular formula is C23H17ClF3N5O. The van der Waals surface area contributed by atoms with Gasteiger partial charge in [0.1, 0.15) is 35.7 Å². The molecule has 6 nitrogen and oxygen atoms in total. The van der Waals surface area contributed by atoms with Gasteiger partial charge in [-0.05, 0) is 24.6 Å². The number of carbonyl (C=O) groups is 1. The van der Waals surface area contributed by atoms with Gasteiger partial charge in [0.05, 0.1) is 17.0 Å². The van der Waals surface area contributed by atoms with Crippen LogP contribution in [0.1, 0.15) is 6.42 Å². The van der Waals surface area contributed by atoms with Crippen LogP contribution in [0.5, 0.6) is 0 Å². The zero-order valence-electron chi connectivity index (χ0n) is 17.2. The first-order valence-corrected chi connectivity index (χ1v) is 10.7. The van der Waals surface area contributed by atoms with Gasteiger partial charge in [0.15, 0.2) is 5.65 Å². The molecule has 1 amide bonds. The lowest BCUT2D eigenvalue weighted by atomic mass is 10.1. The van der Waals surface area contributed by atoms with Crippen molar-refractivity contribution in [3.05, 3.63) is 65.2 Å². The molecule has 1 aliphatic rings. The Morgan fingerprint density at radius 1 is 1.09 bits per heavy atom. The first kappa shape index (κ1) is 21.4. The molecule has 3 heterocycles. The van der Waals surface area contributed by atoms with Crippen LogP contribution >= 0.6 is 11.6 Å². The van der Waals surface area contributed by atoms with E-state index >= 15 is 0 Å². The third kappa shape index (κ3) is 3.93. The Bertz CT molecular complexity index is 1360. The van der Waals surface area contributed by atoms with E-state index in [9.17, 15) is 18.0 Å². The van der Waals surface area contributed by atoms with Gasteiger partial charge >= 0.3 is 0 Å². The Morgan fingerprint density at radius 3 is 2.61 bits per heavy atom. The predicted molar refractivity (Wildman–Crippen MR) is 117 cm³/mol. The number of hydrogen-bond donors (Lipinski definition) is 0. The van der Waals surface area contributed by atoms with Crippen molar-refractivity contribution in [2.75, 3.05) is 13.1 Å². The van der Waals surface area contributed by atoms with Crippen molar-refractivity contribution in [1.29, 1.82) is 0 Å². The Hall–Kier alpha value is -3.46. The quantitative estimate of drug-likeness (QED) is 0.434. The highest BCUT2D eigenvalue weighted by Crippen LogP contribution is 2.38. The fourth-order valence-corrected chi connectivity index (χ4v) is 4.27. The number of amides is 1. The van der Waals surface area contributed by atoms with E-state index in [1.165, 1.54) is 9.58 Å². The second-order valence-electron chi connectivity index (χ2n) is 7.78. The minimum atomic E-state index is -1.07. The van der Waals surface area contributed by atoms with Crippen LogP contribution in [0.2, 0.25) is 5.02 Å². The molecule has 10 heteroatoms. The maximum Gasteiger partial charge on any atom is 0.244 e. The molecule has 0 spiro atoms. The van der Waals surface area contributed by atoms with Crippen molar-refractivity contribution >= 4 is 28.5 Å². The number of aromatic nitrogens is 4. The fraction of sp³-hybridized carbons (Fsp3) is 0.217. The molecule has 1 aliphatic heterocycles. The van der Waals surface area contributed by atoms with Crippen LogP contribution in [0, 0.1) is 11.6 Å². The monoisotopic (exact) mass is 471 g/mol. The van der Waals surface area contributed by atoms with Crippen LogP contribution < -0.4 is 0 Å². The van der Waals surface area contributed by atoms with Gasteiger partial charge in [0.2, 0.25) is 5.91 Å². The maximum absolute atomic E-state index is 14.7. The molecule has 1 unspecified atom stereocenters. The highest BCUT2D eigenvalue weighted by molar-refractivity contribution is 6.38. The molecule has 4 aromatic rings. The van der Waals surface area contributed by atoms with Crippen LogP contribution in [0.3, 0.4) is 0 Å². The average molecular weight is 472 g/mol. The Kier molecular flexibility index (Phi) is 5.49. The van der Waals surface area contributed by atoms with Gasteiger partial charge in [0.25, 0.3) is 0 Å². The SMILES string of the molecule is O=C(Cn1nc(-c2cc(F)ccc2F)c2c(Cl)c(-c3ccccc3)nnc21)N1CCC(F)C1. The van der Waals surface area contributed by atoms with Crippen molar-refractivity contribution in [2.24, 2.45) is 0 Å². The summed E-state index contributed by atoms with van der Waals surface area (Å²) in [7, 11) is 0. The summed E-state index contributed by atoms with van der Waals surface area (Å²) < 4.78 is 43.5. The van der Waals surface area contributed by atoms with Gasteiger partial charge in [-0.2, -0.15) is 5.10 Å². The number of halogens is 4. The molecule has 0 radical (unpaired) electrons. The summed E-state index contributed by atoms with van der Waals surface area (Å²) >= 11 is 6.70. The Balaban J connectivity index is 1.68. The number of rotatable bonds is 4. The lowest BCUT2D eigenvalue weighted by Crippen LogP contribution is -2.32. The maximum atomic E-state index is 14.7. The Morgan fingerprint density at radius 2 is 1.88 bits per heavy atom. The number of hydrogen-bond acceptors (Lipinski definition) is 4. The van der Waals surface area contributed by atoms with Crippen LogP contribution in [0.4, 0.5) is 13.2 Å². The van der Waals surface area contributed by atoms with Gasteiger partial charge in [-0.25, -0.2) is 17.9 Å².